The van der Waals surface area contributed by atoms with Gasteiger partial charge in [-0.05, 0) is 31.4 Å². The molecule has 2 atom stereocenters. The molecule has 0 aromatic carbocycles. The highest BCUT2D eigenvalue weighted by molar-refractivity contribution is 7.91. The molecule has 3 heterocycles. The molecule has 0 N–H and O–H groups in total. The fourth-order valence-electron chi connectivity index (χ4n) is 3.20. The van der Waals surface area contributed by atoms with E-state index >= 15 is 0 Å². The number of pyridine rings is 1. The number of rotatable bonds is 5. The maximum Gasteiger partial charge on any atom is 0.151 e. The van der Waals surface area contributed by atoms with E-state index in [2.05, 4.69) is 9.88 Å². The normalized spacial score (nSPS) is 27.5. The van der Waals surface area contributed by atoms with Crippen molar-refractivity contribution in [1.82, 2.24) is 9.88 Å². The molecule has 7 heteroatoms. The molecule has 1 aromatic heterocycles. The lowest BCUT2D eigenvalue weighted by molar-refractivity contribution is 0.0569. The first-order valence-electron chi connectivity index (χ1n) is 7.69. The highest BCUT2D eigenvalue weighted by Gasteiger charge is 2.34. The predicted molar refractivity (Wildman–Crippen MR) is 85.7 cm³/mol. The van der Waals surface area contributed by atoms with Crippen LogP contribution in [0.15, 0.2) is 18.2 Å². The van der Waals surface area contributed by atoms with Gasteiger partial charge in [0.25, 0.3) is 0 Å². The summed E-state index contributed by atoms with van der Waals surface area (Å²) in [6.45, 7) is 2.17. The van der Waals surface area contributed by atoms with Gasteiger partial charge in [0.2, 0.25) is 0 Å². The molecule has 2 saturated heterocycles. The number of sulfone groups is 1. The van der Waals surface area contributed by atoms with E-state index in [9.17, 15) is 8.42 Å². The summed E-state index contributed by atoms with van der Waals surface area (Å²) in [5.74, 6) is 0.517. The van der Waals surface area contributed by atoms with Gasteiger partial charge in [-0.25, -0.2) is 13.4 Å². The van der Waals surface area contributed by atoms with Gasteiger partial charge in [0.15, 0.2) is 9.84 Å². The first-order valence-corrected chi connectivity index (χ1v) is 9.89. The van der Waals surface area contributed by atoms with Gasteiger partial charge in [0.05, 0.1) is 23.3 Å². The molecule has 22 heavy (non-hydrogen) atoms. The average molecular weight is 345 g/mol. The SMILES string of the molecule is O=S1(=O)CCC(N(Cc2cccc(Cl)n2)CC2CCCO2)C1. The summed E-state index contributed by atoms with van der Waals surface area (Å²) in [4.78, 5) is 6.54. The van der Waals surface area contributed by atoms with Gasteiger partial charge < -0.3 is 4.74 Å². The quantitative estimate of drug-likeness (QED) is 0.763. The van der Waals surface area contributed by atoms with Crippen molar-refractivity contribution in [3.8, 4) is 0 Å². The minimum Gasteiger partial charge on any atom is -0.377 e. The van der Waals surface area contributed by atoms with Crippen LogP contribution in [0.2, 0.25) is 5.15 Å². The topological polar surface area (TPSA) is 59.5 Å². The summed E-state index contributed by atoms with van der Waals surface area (Å²) in [6.07, 6.45) is 3.01. The molecule has 0 spiro atoms. The van der Waals surface area contributed by atoms with E-state index in [1.807, 2.05) is 12.1 Å². The number of hydrogen-bond acceptors (Lipinski definition) is 5. The Kier molecular flexibility index (Phi) is 5.02. The van der Waals surface area contributed by atoms with Gasteiger partial charge in [0.1, 0.15) is 5.15 Å². The molecule has 2 unspecified atom stereocenters. The summed E-state index contributed by atoms with van der Waals surface area (Å²) >= 11 is 5.95. The minimum atomic E-state index is -2.90. The van der Waals surface area contributed by atoms with Gasteiger partial charge in [0, 0.05) is 25.7 Å². The van der Waals surface area contributed by atoms with E-state index < -0.39 is 9.84 Å². The fraction of sp³-hybridized carbons (Fsp3) is 0.667. The lowest BCUT2D eigenvalue weighted by atomic mass is 10.1. The minimum absolute atomic E-state index is 0.0509. The van der Waals surface area contributed by atoms with Crippen LogP contribution >= 0.6 is 11.6 Å². The van der Waals surface area contributed by atoms with E-state index in [4.69, 9.17) is 16.3 Å². The summed E-state index contributed by atoms with van der Waals surface area (Å²) in [6, 6.07) is 5.60. The van der Waals surface area contributed by atoms with Crippen molar-refractivity contribution in [2.45, 2.75) is 38.0 Å². The molecule has 0 aliphatic carbocycles. The van der Waals surface area contributed by atoms with Crippen molar-refractivity contribution in [2.24, 2.45) is 0 Å². The van der Waals surface area contributed by atoms with Crippen molar-refractivity contribution >= 4 is 21.4 Å². The number of nitrogens with zero attached hydrogens (tertiary/aromatic N) is 2. The molecule has 0 radical (unpaired) electrons. The van der Waals surface area contributed by atoms with Crippen molar-refractivity contribution in [2.75, 3.05) is 24.7 Å². The molecule has 2 fully saturated rings. The van der Waals surface area contributed by atoms with Crippen molar-refractivity contribution in [3.63, 3.8) is 0 Å². The Morgan fingerprint density at radius 3 is 2.86 bits per heavy atom. The van der Waals surface area contributed by atoms with Gasteiger partial charge in [-0.15, -0.1) is 0 Å². The van der Waals surface area contributed by atoms with E-state index in [1.54, 1.807) is 6.07 Å². The molecule has 0 saturated carbocycles. The third-order valence-corrected chi connectivity index (χ3v) is 6.29. The predicted octanol–water partition coefficient (Wildman–Crippen LogP) is 1.90. The molecule has 5 nitrogen and oxygen atoms in total. The molecule has 2 aliphatic heterocycles. The Hall–Kier alpha value is -0.690. The van der Waals surface area contributed by atoms with E-state index in [-0.39, 0.29) is 23.7 Å². The van der Waals surface area contributed by atoms with Gasteiger partial charge in [-0.3, -0.25) is 4.90 Å². The van der Waals surface area contributed by atoms with Gasteiger partial charge >= 0.3 is 0 Å². The average Bonchev–Trinajstić information content (AvgIpc) is 3.07. The summed E-state index contributed by atoms with van der Waals surface area (Å²) in [7, 11) is -2.90. The number of halogens is 1. The van der Waals surface area contributed by atoms with Crippen molar-refractivity contribution in [3.05, 3.63) is 29.0 Å². The number of aromatic nitrogens is 1. The highest BCUT2D eigenvalue weighted by Crippen LogP contribution is 2.23. The Bertz CT molecular complexity index is 617. The second-order valence-corrected chi connectivity index (χ2v) is 8.69. The zero-order chi connectivity index (χ0) is 15.6. The first-order chi connectivity index (χ1) is 10.5. The van der Waals surface area contributed by atoms with Crippen LogP contribution in [0.4, 0.5) is 0 Å². The third-order valence-electron chi connectivity index (χ3n) is 4.32. The van der Waals surface area contributed by atoms with Crippen LogP contribution in [-0.4, -0.2) is 55.1 Å². The van der Waals surface area contributed by atoms with E-state index in [1.165, 1.54) is 0 Å². The Morgan fingerprint density at radius 2 is 2.23 bits per heavy atom. The smallest absolute Gasteiger partial charge is 0.151 e. The largest absolute Gasteiger partial charge is 0.377 e. The molecule has 122 valence electrons. The van der Waals surface area contributed by atoms with E-state index in [0.717, 1.165) is 31.7 Å². The lowest BCUT2D eigenvalue weighted by Crippen LogP contribution is -2.40. The maximum atomic E-state index is 11.8. The molecule has 0 bridgehead atoms. The monoisotopic (exact) mass is 344 g/mol. The van der Waals surface area contributed by atoms with Crippen LogP contribution in [0.25, 0.3) is 0 Å². The van der Waals surface area contributed by atoms with Crippen LogP contribution < -0.4 is 0 Å². The maximum absolute atomic E-state index is 11.8. The van der Waals surface area contributed by atoms with Crippen LogP contribution in [-0.2, 0) is 21.1 Å². The molecule has 3 rings (SSSR count). The lowest BCUT2D eigenvalue weighted by Gasteiger charge is -2.30. The molecular formula is C15H21ClN2O3S. The van der Waals surface area contributed by atoms with Gasteiger partial charge in [-0.2, -0.15) is 0 Å². The Labute approximate surface area is 136 Å². The number of hydrogen-bond donors (Lipinski definition) is 0. The zero-order valence-corrected chi connectivity index (χ0v) is 14.0. The van der Waals surface area contributed by atoms with E-state index in [0.29, 0.717) is 18.1 Å². The summed E-state index contributed by atoms with van der Waals surface area (Å²) < 4.78 is 29.3. The van der Waals surface area contributed by atoms with Crippen LogP contribution in [0.5, 0.6) is 0 Å². The van der Waals surface area contributed by atoms with Crippen molar-refractivity contribution in [1.29, 1.82) is 0 Å². The molecule has 1 aromatic rings. The third kappa shape index (κ3) is 4.19. The second-order valence-electron chi connectivity index (χ2n) is 6.07. The standard InChI is InChI=1S/C15H21ClN2O3S/c16-15-5-1-3-12(17-15)9-18(10-14-4-2-7-21-14)13-6-8-22(19,20)11-13/h1,3,5,13-14H,2,4,6-11H2. The zero-order valence-electron chi connectivity index (χ0n) is 12.4. The van der Waals surface area contributed by atoms with Gasteiger partial charge in [-0.1, -0.05) is 17.7 Å². The summed E-state index contributed by atoms with van der Waals surface area (Å²) in [5, 5.41) is 0.466. The summed E-state index contributed by atoms with van der Waals surface area (Å²) in [5.41, 5.74) is 0.870. The fourth-order valence-corrected chi connectivity index (χ4v) is 5.15. The molecular weight excluding hydrogens is 324 g/mol. The van der Waals surface area contributed by atoms with Crippen LogP contribution in [0, 0.1) is 0 Å². The molecule has 0 amide bonds. The van der Waals surface area contributed by atoms with Crippen LogP contribution in [0.3, 0.4) is 0 Å². The van der Waals surface area contributed by atoms with Crippen molar-refractivity contribution < 1.29 is 13.2 Å². The second kappa shape index (κ2) is 6.83. The first kappa shape index (κ1) is 16.2. The van der Waals surface area contributed by atoms with Crippen LogP contribution in [0.1, 0.15) is 25.0 Å². The Balaban J connectivity index is 1.73. The molecule has 2 aliphatic rings. The Morgan fingerprint density at radius 1 is 1.36 bits per heavy atom. The highest BCUT2D eigenvalue weighted by atomic mass is 35.5. The number of ether oxygens (including phenoxy) is 1.